The lowest BCUT2D eigenvalue weighted by molar-refractivity contribution is -0.0553. The fourth-order valence-electron chi connectivity index (χ4n) is 6.46. The van der Waals surface area contributed by atoms with Gasteiger partial charge >= 0.3 is 6.03 Å². The molecule has 1 aliphatic carbocycles. The Hall–Kier alpha value is -2.09. The number of likely N-dealkylation sites (N-methyl/N-ethyl adjacent to an activating group) is 1. The highest BCUT2D eigenvalue weighted by molar-refractivity contribution is 5.82. The van der Waals surface area contributed by atoms with Crippen molar-refractivity contribution >= 4 is 17.0 Å². The fraction of sp³-hybridized carbons (Fsp3) is 0.690. The van der Waals surface area contributed by atoms with E-state index in [1.54, 1.807) is 13.4 Å². The predicted octanol–water partition coefficient (Wildman–Crippen LogP) is 5.03. The average Bonchev–Trinajstić information content (AvgIpc) is 3.40. The van der Waals surface area contributed by atoms with E-state index >= 15 is 0 Å². The second-order valence-corrected chi connectivity index (χ2v) is 10.8. The van der Waals surface area contributed by atoms with Crippen molar-refractivity contribution < 1.29 is 19.1 Å². The van der Waals surface area contributed by atoms with Crippen molar-refractivity contribution in [2.75, 3.05) is 40.4 Å². The fourth-order valence-corrected chi connectivity index (χ4v) is 6.46. The van der Waals surface area contributed by atoms with E-state index in [1.165, 1.54) is 32.1 Å². The summed E-state index contributed by atoms with van der Waals surface area (Å²) in [6.07, 6.45) is 12.0. The maximum Gasteiger partial charge on any atom is 0.317 e. The van der Waals surface area contributed by atoms with Crippen molar-refractivity contribution in [3.63, 3.8) is 0 Å². The highest BCUT2D eigenvalue weighted by Crippen LogP contribution is 2.42. The molecule has 1 aromatic heterocycles. The molecule has 0 spiro atoms. The number of likely N-dealkylation sites (tertiary alicyclic amines) is 1. The molecule has 1 saturated heterocycles. The van der Waals surface area contributed by atoms with Crippen LogP contribution >= 0.6 is 0 Å². The number of furan rings is 1. The minimum Gasteiger partial charge on any atom is -0.464 e. The van der Waals surface area contributed by atoms with E-state index < -0.39 is 5.60 Å². The third kappa shape index (κ3) is 6.24. The number of hydrogen-bond donors (Lipinski definition) is 3. The molecule has 2 aromatic rings. The Morgan fingerprint density at radius 2 is 2.03 bits per heavy atom. The monoisotopic (exact) mass is 499 g/mol. The second-order valence-electron chi connectivity index (χ2n) is 10.8. The summed E-state index contributed by atoms with van der Waals surface area (Å²) < 4.78 is 10.9. The number of piperidine rings is 1. The quantitative estimate of drug-likeness (QED) is 0.378. The summed E-state index contributed by atoms with van der Waals surface area (Å²) in [6.45, 7) is 2.76. The Labute approximate surface area is 215 Å². The summed E-state index contributed by atoms with van der Waals surface area (Å²) in [4.78, 5) is 15.4. The van der Waals surface area contributed by atoms with Gasteiger partial charge in [-0.05, 0) is 75.6 Å². The number of ether oxygens (including phenoxy) is 1. The maximum absolute atomic E-state index is 13.5. The van der Waals surface area contributed by atoms with Crippen LogP contribution in [0.2, 0.25) is 0 Å². The van der Waals surface area contributed by atoms with E-state index in [4.69, 9.17) is 9.15 Å². The molecule has 0 unspecified atom stereocenters. The van der Waals surface area contributed by atoms with Crippen LogP contribution in [0.3, 0.4) is 0 Å². The molecule has 36 heavy (non-hydrogen) atoms. The number of hydrogen-bond acceptors (Lipinski definition) is 5. The molecular weight excluding hydrogens is 454 g/mol. The first kappa shape index (κ1) is 27.0. The van der Waals surface area contributed by atoms with Gasteiger partial charge in [-0.15, -0.1) is 0 Å². The zero-order valence-corrected chi connectivity index (χ0v) is 22.1. The number of carbonyl (C=O) groups is 1. The van der Waals surface area contributed by atoms with Crippen LogP contribution in [0.1, 0.15) is 69.8 Å². The normalized spacial score (nSPS) is 21.9. The lowest BCUT2D eigenvalue weighted by atomic mass is 9.73. The third-order valence-corrected chi connectivity index (χ3v) is 8.45. The standard InChI is InChI=1S/C29H45N3O4/c1-30-20-26(22-10-4-3-5-11-22)31-28(33)32-17-9-12-23(21-32)29(34,16-6-7-18-35-2)25-13-8-14-27-24(25)15-19-36-27/h8,13-15,19,22-23,26,30,34H,3-7,9-12,16-18,20-21H2,1-2H3,(H,31,33)/t23-,26-,29+/m1/s1. The van der Waals surface area contributed by atoms with Crippen molar-refractivity contribution in [3.05, 3.63) is 36.1 Å². The first-order valence-electron chi connectivity index (χ1n) is 13.9. The van der Waals surface area contributed by atoms with Crippen LogP contribution in [0, 0.1) is 11.8 Å². The second kappa shape index (κ2) is 12.9. The van der Waals surface area contributed by atoms with Crippen LogP contribution in [0.15, 0.2) is 34.9 Å². The summed E-state index contributed by atoms with van der Waals surface area (Å²) in [5.41, 5.74) is 0.661. The van der Waals surface area contributed by atoms with Crippen LogP contribution < -0.4 is 10.6 Å². The molecule has 200 valence electrons. The van der Waals surface area contributed by atoms with Gasteiger partial charge in [0.05, 0.1) is 11.9 Å². The molecule has 1 aromatic carbocycles. The lowest BCUT2D eigenvalue weighted by Gasteiger charge is -2.43. The number of amides is 2. The molecule has 2 amide bonds. The third-order valence-electron chi connectivity index (χ3n) is 8.45. The zero-order valence-electron chi connectivity index (χ0n) is 22.1. The largest absolute Gasteiger partial charge is 0.464 e. The number of unbranched alkanes of at least 4 members (excludes halogenated alkanes) is 1. The molecule has 7 nitrogen and oxygen atoms in total. The highest BCUT2D eigenvalue weighted by atomic mass is 16.5. The minimum absolute atomic E-state index is 0.00813. The Morgan fingerprint density at radius 1 is 1.19 bits per heavy atom. The summed E-state index contributed by atoms with van der Waals surface area (Å²) in [6, 6.07) is 8.03. The van der Waals surface area contributed by atoms with Crippen molar-refractivity contribution in [3.8, 4) is 0 Å². The molecule has 2 heterocycles. The van der Waals surface area contributed by atoms with Gasteiger partial charge in [0.1, 0.15) is 5.58 Å². The van der Waals surface area contributed by atoms with Gasteiger partial charge in [-0.25, -0.2) is 4.79 Å². The number of rotatable bonds is 11. The number of urea groups is 1. The van der Waals surface area contributed by atoms with Crippen LogP contribution in [0.5, 0.6) is 0 Å². The molecule has 2 fully saturated rings. The minimum atomic E-state index is -1.04. The van der Waals surface area contributed by atoms with Crippen molar-refractivity contribution in [2.24, 2.45) is 11.8 Å². The number of nitrogens with zero attached hydrogens (tertiary/aromatic N) is 1. The van der Waals surface area contributed by atoms with E-state index in [-0.39, 0.29) is 18.0 Å². The van der Waals surface area contributed by atoms with Crippen molar-refractivity contribution in [1.29, 1.82) is 0 Å². The smallest absolute Gasteiger partial charge is 0.317 e. The Balaban J connectivity index is 1.51. The van der Waals surface area contributed by atoms with Gasteiger partial charge in [-0.2, -0.15) is 0 Å². The molecule has 4 rings (SSSR count). The number of benzene rings is 1. The van der Waals surface area contributed by atoms with E-state index in [1.807, 2.05) is 36.2 Å². The number of methoxy groups -OCH3 is 1. The van der Waals surface area contributed by atoms with Crippen molar-refractivity contribution in [1.82, 2.24) is 15.5 Å². The van der Waals surface area contributed by atoms with E-state index in [0.717, 1.165) is 55.3 Å². The molecule has 0 radical (unpaired) electrons. The van der Waals surface area contributed by atoms with Gasteiger partial charge in [-0.1, -0.05) is 31.4 Å². The molecule has 1 aliphatic heterocycles. The number of nitrogens with one attached hydrogen (secondary N) is 2. The molecular formula is C29H45N3O4. The Kier molecular flexibility index (Phi) is 9.68. The molecule has 0 bridgehead atoms. The molecule has 1 saturated carbocycles. The van der Waals surface area contributed by atoms with Gasteiger partial charge in [-0.3, -0.25) is 0 Å². The van der Waals surface area contributed by atoms with Gasteiger partial charge in [0.15, 0.2) is 0 Å². The molecule has 2 aliphatic rings. The van der Waals surface area contributed by atoms with E-state index in [0.29, 0.717) is 25.5 Å². The Bertz CT molecular complexity index is 957. The van der Waals surface area contributed by atoms with Crippen LogP contribution in [-0.2, 0) is 10.3 Å². The van der Waals surface area contributed by atoms with Crippen LogP contribution in [0.25, 0.3) is 11.0 Å². The van der Waals surface area contributed by atoms with Crippen LogP contribution in [0.4, 0.5) is 4.79 Å². The van der Waals surface area contributed by atoms with E-state index in [2.05, 4.69) is 10.6 Å². The van der Waals surface area contributed by atoms with Gasteiger partial charge < -0.3 is 29.8 Å². The average molecular weight is 500 g/mol. The lowest BCUT2D eigenvalue weighted by Crippen LogP contribution is -2.55. The predicted molar refractivity (Wildman–Crippen MR) is 143 cm³/mol. The number of carbonyl (C=O) groups excluding carboxylic acids is 1. The Morgan fingerprint density at radius 3 is 2.81 bits per heavy atom. The number of fused-ring (bicyclic) bond motifs is 1. The zero-order chi connectivity index (χ0) is 25.4. The summed E-state index contributed by atoms with van der Waals surface area (Å²) >= 11 is 0. The summed E-state index contributed by atoms with van der Waals surface area (Å²) in [7, 11) is 3.67. The molecule has 7 heteroatoms. The summed E-state index contributed by atoms with van der Waals surface area (Å²) in [5.74, 6) is 0.490. The van der Waals surface area contributed by atoms with E-state index in [9.17, 15) is 9.90 Å². The topological polar surface area (TPSA) is 87.0 Å². The SMILES string of the molecule is CNC[C@@H](NC(=O)N1CCC[C@@H]([C@@](O)(CCCCOC)c2cccc3occc23)C1)C1CCCCC1. The maximum atomic E-state index is 13.5. The number of aliphatic hydroxyl groups is 1. The van der Waals surface area contributed by atoms with Gasteiger partial charge in [0, 0.05) is 50.7 Å². The molecule has 3 N–H and O–H groups in total. The first-order chi connectivity index (χ1) is 17.6. The molecule has 3 atom stereocenters. The first-order valence-corrected chi connectivity index (χ1v) is 13.9. The van der Waals surface area contributed by atoms with Gasteiger partial charge in [0.25, 0.3) is 0 Å². The van der Waals surface area contributed by atoms with Crippen LogP contribution in [-0.4, -0.2) is 62.5 Å². The van der Waals surface area contributed by atoms with Gasteiger partial charge in [0.2, 0.25) is 0 Å². The summed E-state index contributed by atoms with van der Waals surface area (Å²) in [5, 5.41) is 19.9. The highest BCUT2D eigenvalue weighted by Gasteiger charge is 2.42. The van der Waals surface area contributed by atoms with Crippen molar-refractivity contribution in [2.45, 2.75) is 75.9 Å².